The summed E-state index contributed by atoms with van der Waals surface area (Å²) in [5, 5.41) is 4.95. The third kappa shape index (κ3) is 5.58. The van der Waals surface area contributed by atoms with Gasteiger partial charge in [-0.3, -0.25) is 9.59 Å². The van der Waals surface area contributed by atoms with E-state index in [2.05, 4.69) is 10.3 Å². The van der Waals surface area contributed by atoms with E-state index in [9.17, 15) is 22.4 Å². The van der Waals surface area contributed by atoms with E-state index < -0.39 is 15.8 Å². The van der Waals surface area contributed by atoms with Crippen LogP contribution < -0.4 is 5.32 Å². The molecule has 2 amide bonds. The number of halogens is 1. The zero-order chi connectivity index (χ0) is 20.9. The van der Waals surface area contributed by atoms with Crippen molar-refractivity contribution in [3.05, 3.63) is 41.7 Å². The Kier molecular flexibility index (Phi) is 6.93. The minimum Gasteiger partial charge on any atom is -0.340 e. The number of carbonyl (C=O) groups excluding carboxylic acids is 2. The highest BCUT2D eigenvalue weighted by Gasteiger charge is 2.29. The van der Waals surface area contributed by atoms with Crippen molar-refractivity contribution in [1.82, 2.24) is 14.2 Å². The van der Waals surface area contributed by atoms with Crippen LogP contribution in [0.4, 0.5) is 9.52 Å². The van der Waals surface area contributed by atoms with E-state index in [0.717, 1.165) is 12.1 Å². The van der Waals surface area contributed by atoms with E-state index in [0.29, 0.717) is 11.6 Å². The highest BCUT2D eigenvalue weighted by atomic mass is 32.2. The van der Waals surface area contributed by atoms with E-state index in [4.69, 9.17) is 0 Å². The topological polar surface area (TPSA) is 99.7 Å². The second-order valence-electron chi connectivity index (χ2n) is 6.48. The molecule has 2 heterocycles. The Morgan fingerprint density at radius 3 is 2.41 bits per heavy atom. The molecule has 1 aromatic carbocycles. The van der Waals surface area contributed by atoms with E-state index in [1.165, 1.54) is 27.8 Å². The molecule has 0 bridgehead atoms. The summed E-state index contributed by atoms with van der Waals surface area (Å²) in [6, 6.07) is 4.69. The van der Waals surface area contributed by atoms with Crippen LogP contribution in [-0.4, -0.2) is 60.6 Å². The van der Waals surface area contributed by atoms with Crippen LogP contribution >= 0.6 is 11.3 Å². The number of piperazine rings is 1. The average molecular weight is 441 g/mol. The fourth-order valence-corrected chi connectivity index (χ4v) is 4.93. The van der Waals surface area contributed by atoms with Crippen molar-refractivity contribution in [1.29, 1.82) is 0 Å². The van der Waals surface area contributed by atoms with Gasteiger partial charge in [0.05, 0.1) is 4.90 Å². The number of nitrogens with zero attached hydrogens (tertiary/aromatic N) is 3. The number of thiazole rings is 1. The van der Waals surface area contributed by atoms with Gasteiger partial charge >= 0.3 is 0 Å². The Hall–Kier alpha value is -2.37. The minimum absolute atomic E-state index is 0.0323. The van der Waals surface area contributed by atoms with Gasteiger partial charge in [0.1, 0.15) is 5.82 Å². The Bertz CT molecular complexity index is 941. The number of aromatic nitrogens is 1. The number of amides is 2. The molecule has 1 aromatic heterocycles. The predicted octanol–water partition coefficient (Wildman–Crippen LogP) is 1.92. The van der Waals surface area contributed by atoms with E-state index in [1.54, 1.807) is 16.5 Å². The third-order valence-electron chi connectivity index (χ3n) is 4.52. The Morgan fingerprint density at radius 1 is 1.10 bits per heavy atom. The summed E-state index contributed by atoms with van der Waals surface area (Å²) < 4.78 is 39.5. The molecule has 1 aliphatic heterocycles. The van der Waals surface area contributed by atoms with Crippen LogP contribution in [-0.2, 0) is 19.6 Å². The first kappa shape index (κ1) is 21.3. The second kappa shape index (κ2) is 9.42. The molecule has 0 saturated carbocycles. The lowest BCUT2D eigenvalue weighted by Gasteiger charge is -2.34. The monoisotopic (exact) mass is 440 g/mol. The largest absolute Gasteiger partial charge is 0.340 e. The van der Waals surface area contributed by atoms with Crippen LogP contribution in [0.3, 0.4) is 0 Å². The number of nitrogens with one attached hydrogen (secondary N) is 1. The summed E-state index contributed by atoms with van der Waals surface area (Å²) >= 11 is 1.32. The quantitative estimate of drug-likeness (QED) is 0.709. The smallest absolute Gasteiger partial charge is 0.243 e. The van der Waals surface area contributed by atoms with E-state index in [1.807, 2.05) is 0 Å². The molecule has 1 fully saturated rings. The standard InChI is InChI=1S/C18H21FN4O4S2/c19-14-4-6-15(7-5-14)29(26,27)23-11-9-22(10-12-23)17(25)3-1-2-16(24)21-18-20-8-13-28-18/h4-8,13H,1-3,9-12H2,(H,20,21,24). The average Bonchev–Trinajstić information content (AvgIpc) is 3.21. The molecule has 2 aromatic rings. The Balaban J connectivity index is 1.43. The van der Waals surface area contributed by atoms with Gasteiger partial charge in [0.15, 0.2) is 5.13 Å². The maximum Gasteiger partial charge on any atom is 0.243 e. The summed E-state index contributed by atoms with van der Waals surface area (Å²) in [6.45, 7) is 0.918. The molecular formula is C18H21FN4O4S2. The van der Waals surface area contributed by atoms with Gasteiger partial charge in [0.2, 0.25) is 21.8 Å². The third-order valence-corrected chi connectivity index (χ3v) is 7.12. The molecule has 1 saturated heterocycles. The van der Waals surface area contributed by atoms with Gasteiger partial charge in [-0.15, -0.1) is 11.3 Å². The molecule has 8 nitrogen and oxygen atoms in total. The predicted molar refractivity (Wildman–Crippen MR) is 106 cm³/mol. The molecule has 3 rings (SSSR count). The Labute approximate surface area is 172 Å². The van der Waals surface area contributed by atoms with E-state index in [-0.39, 0.29) is 55.7 Å². The lowest BCUT2D eigenvalue weighted by atomic mass is 10.2. The van der Waals surface area contributed by atoms with Gasteiger partial charge in [-0.25, -0.2) is 17.8 Å². The number of anilines is 1. The van der Waals surface area contributed by atoms with Crippen molar-refractivity contribution in [2.24, 2.45) is 0 Å². The summed E-state index contributed by atoms with van der Waals surface area (Å²) in [6.07, 6.45) is 2.43. The number of sulfonamides is 1. The highest BCUT2D eigenvalue weighted by molar-refractivity contribution is 7.89. The molecule has 1 N–H and O–H groups in total. The van der Waals surface area contributed by atoms with Gasteiger partial charge < -0.3 is 10.2 Å². The van der Waals surface area contributed by atoms with E-state index >= 15 is 0 Å². The number of benzene rings is 1. The highest BCUT2D eigenvalue weighted by Crippen LogP contribution is 2.18. The summed E-state index contributed by atoms with van der Waals surface area (Å²) in [4.78, 5) is 29.7. The Morgan fingerprint density at radius 2 is 1.79 bits per heavy atom. The van der Waals surface area contributed by atoms with Crippen LogP contribution in [0.15, 0.2) is 40.7 Å². The molecular weight excluding hydrogens is 419 g/mol. The number of hydrogen-bond donors (Lipinski definition) is 1. The maximum absolute atomic E-state index is 13.0. The van der Waals surface area contributed by atoms with Crippen LogP contribution in [0.25, 0.3) is 0 Å². The zero-order valence-corrected chi connectivity index (χ0v) is 17.2. The lowest BCUT2D eigenvalue weighted by molar-refractivity contribution is -0.132. The van der Waals surface area contributed by atoms with Crippen molar-refractivity contribution in [3.8, 4) is 0 Å². The molecule has 1 aliphatic rings. The fraction of sp³-hybridized carbons (Fsp3) is 0.389. The first-order valence-electron chi connectivity index (χ1n) is 9.09. The first-order chi connectivity index (χ1) is 13.9. The zero-order valence-electron chi connectivity index (χ0n) is 15.6. The molecule has 0 radical (unpaired) electrons. The molecule has 11 heteroatoms. The molecule has 156 valence electrons. The molecule has 0 atom stereocenters. The molecule has 29 heavy (non-hydrogen) atoms. The van der Waals surface area contributed by atoms with Crippen molar-refractivity contribution >= 4 is 38.3 Å². The summed E-state index contributed by atoms with van der Waals surface area (Å²) in [7, 11) is -3.71. The fourth-order valence-electron chi connectivity index (χ4n) is 2.96. The number of rotatable bonds is 7. The summed E-state index contributed by atoms with van der Waals surface area (Å²) in [5.74, 6) is -0.798. The van der Waals surface area contributed by atoms with Gasteiger partial charge in [-0.2, -0.15) is 4.31 Å². The van der Waals surface area contributed by atoms with Crippen molar-refractivity contribution in [2.45, 2.75) is 24.2 Å². The molecule has 0 spiro atoms. The SMILES string of the molecule is O=C(CCCC(=O)N1CCN(S(=O)(=O)c2ccc(F)cc2)CC1)Nc1nccs1. The maximum atomic E-state index is 13.0. The molecule has 0 aliphatic carbocycles. The van der Waals surface area contributed by atoms with Crippen LogP contribution in [0.1, 0.15) is 19.3 Å². The number of carbonyl (C=O) groups is 2. The number of hydrogen-bond acceptors (Lipinski definition) is 6. The lowest BCUT2D eigenvalue weighted by Crippen LogP contribution is -2.50. The van der Waals surface area contributed by atoms with Crippen molar-refractivity contribution in [3.63, 3.8) is 0 Å². The van der Waals surface area contributed by atoms with Crippen molar-refractivity contribution in [2.75, 3.05) is 31.5 Å². The van der Waals surface area contributed by atoms with Gasteiger partial charge in [-0.1, -0.05) is 0 Å². The van der Waals surface area contributed by atoms with Gasteiger partial charge in [0, 0.05) is 50.6 Å². The van der Waals surface area contributed by atoms with Crippen LogP contribution in [0.5, 0.6) is 0 Å². The van der Waals surface area contributed by atoms with Crippen molar-refractivity contribution < 1.29 is 22.4 Å². The second-order valence-corrected chi connectivity index (χ2v) is 9.31. The normalized spacial score (nSPS) is 15.3. The van der Waals surface area contributed by atoms with Gasteiger partial charge in [-0.05, 0) is 30.7 Å². The van der Waals surface area contributed by atoms with Crippen LogP contribution in [0.2, 0.25) is 0 Å². The van der Waals surface area contributed by atoms with Gasteiger partial charge in [0.25, 0.3) is 0 Å². The first-order valence-corrected chi connectivity index (χ1v) is 11.4. The van der Waals surface area contributed by atoms with Crippen LogP contribution in [0, 0.1) is 5.82 Å². The molecule has 0 unspecified atom stereocenters. The minimum atomic E-state index is -3.71. The summed E-state index contributed by atoms with van der Waals surface area (Å²) in [5.41, 5.74) is 0.